The van der Waals surface area contributed by atoms with E-state index in [0.717, 1.165) is 19.4 Å². The molecule has 0 saturated heterocycles. The summed E-state index contributed by atoms with van der Waals surface area (Å²) in [6.07, 6.45) is 1.33. The molecule has 0 saturated carbocycles. The van der Waals surface area contributed by atoms with Crippen molar-refractivity contribution in [1.82, 2.24) is 5.32 Å². The van der Waals surface area contributed by atoms with Crippen LogP contribution in [0.4, 0.5) is 4.39 Å². The number of aliphatic hydroxyl groups excluding tert-OH is 1. The summed E-state index contributed by atoms with van der Waals surface area (Å²) < 4.78 is 13.3. The van der Waals surface area contributed by atoms with Gasteiger partial charge in [0.15, 0.2) is 0 Å². The Kier molecular flexibility index (Phi) is 5.74. The summed E-state index contributed by atoms with van der Waals surface area (Å²) in [6, 6.07) is 4.67. The molecule has 90 valence electrons. The Bertz CT molecular complexity index is 311. The summed E-state index contributed by atoms with van der Waals surface area (Å²) in [6.45, 7) is 2.93. The van der Waals surface area contributed by atoms with Gasteiger partial charge in [-0.1, -0.05) is 17.7 Å². The normalized spacial score (nSPS) is 12.8. The van der Waals surface area contributed by atoms with Crippen LogP contribution in [0.1, 0.15) is 25.3 Å². The van der Waals surface area contributed by atoms with Gasteiger partial charge in [-0.2, -0.15) is 0 Å². The molecule has 0 aromatic heterocycles. The van der Waals surface area contributed by atoms with E-state index in [9.17, 15) is 4.39 Å². The van der Waals surface area contributed by atoms with E-state index in [2.05, 4.69) is 5.32 Å². The SMILES string of the molecule is CC(O)CCCNCc1c(F)cccc1Cl. The van der Waals surface area contributed by atoms with Crippen LogP contribution in [-0.4, -0.2) is 17.8 Å². The molecule has 4 heteroatoms. The van der Waals surface area contributed by atoms with Gasteiger partial charge in [-0.15, -0.1) is 0 Å². The summed E-state index contributed by atoms with van der Waals surface area (Å²) in [5.74, 6) is -0.282. The molecule has 1 rings (SSSR count). The van der Waals surface area contributed by atoms with Crippen molar-refractivity contribution in [2.75, 3.05) is 6.54 Å². The Morgan fingerprint density at radius 3 is 2.88 bits per heavy atom. The molecule has 0 bridgehead atoms. The number of hydrogen-bond donors (Lipinski definition) is 2. The number of hydrogen-bond acceptors (Lipinski definition) is 2. The zero-order valence-corrected chi connectivity index (χ0v) is 10.1. The van der Waals surface area contributed by atoms with Crippen molar-refractivity contribution in [3.63, 3.8) is 0 Å². The molecule has 0 aliphatic heterocycles. The highest BCUT2D eigenvalue weighted by molar-refractivity contribution is 6.31. The first-order valence-corrected chi connectivity index (χ1v) is 5.80. The fourth-order valence-corrected chi connectivity index (χ4v) is 1.67. The van der Waals surface area contributed by atoms with E-state index in [4.69, 9.17) is 16.7 Å². The zero-order valence-electron chi connectivity index (χ0n) is 9.34. The number of benzene rings is 1. The van der Waals surface area contributed by atoms with Gasteiger partial charge >= 0.3 is 0 Å². The van der Waals surface area contributed by atoms with Crippen molar-refractivity contribution < 1.29 is 9.50 Å². The lowest BCUT2D eigenvalue weighted by atomic mass is 10.2. The van der Waals surface area contributed by atoms with Crippen molar-refractivity contribution in [3.8, 4) is 0 Å². The van der Waals surface area contributed by atoms with Crippen molar-refractivity contribution in [3.05, 3.63) is 34.6 Å². The Morgan fingerprint density at radius 2 is 2.25 bits per heavy atom. The molecule has 0 amide bonds. The Labute approximate surface area is 100 Å². The highest BCUT2D eigenvalue weighted by Crippen LogP contribution is 2.18. The average molecular weight is 246 g/mol. The van der Waals surface area contributed by atoms with Crippen LogP contribution in [0.25, 0.3) is 0 Å². The average Bonchev–Trinajstić information content (AvgIpc) is 2.21. The van der Waals surface area contributed by atoms with Crippen LogP contribution < -0.4 is 5.32 Å². The van der Waals surface area contributed by atoms with Crippen LogP contribution in [0.3, 0.4) is 0 Å². The molecule has 1 atom stereocenters. The second-order valence-corrected chi connectivity index (χ2v) is 4.28. The van der Waals surface area contributed by atoms with E-state index in [0.29, 0.717) is 17.1 Å². The first-order chi connectivity index (χ1) is 7.61. The lowest BCUT2D eigenvalue weighted by Crippen LogP contribution is -2.17. The smallest absolute Gasteiger partial charge is 0.129 e. The number of nitrogens with one attached hydrogen (secondary N) is 1. The standard InChI is InChI=1S/C12H17ClFNO/c1-9(16)4-3-7-15-8-10-11(13)5-2-6-12(10)14/h2,5-6,9,15-16H,3-4,7-8H2,1H3. The summed E-state index contributed by atoms with van der Waals surface area (Å²) >= 11 is 5.87. The van der Waals surface area contributed by atoms with Gasteiger partial charge in [-0.3, -0.25) is 0 Å². The number of halogens is 2. The third-order valence-corrected chi connectivity index (χ3v) is 2.69. The van der Waals surface area contributed by atoms with Crippen molar-refractivity contribution >= 4 is 11.6 Å². The van der Waals surface area contributed by atoms with Crippen molar-refractivity contribution in [2.24, 2.45) is 0 Å². The molecule has 0 aliphatic rings. The maximum absolute atomic E-state index is 13.3. The van der Waals surface area contributed by atoms with Gasteiger partial charge in [-0.05, 0) is 38.4 Å². The largest absolute Gasteiger partial charge is 0.393 e. The van der Waals surface area contributed by atoms with Gasteiger partial charge in [0.05, 0.1) is 6.10 Å². The summed E-state index contributed by atoms with van der Waals surface area (Å²) in [5, 5.41) is 12.6. The first-order valence-electron chi connectivity index (χ1n) is 5.43. The molecule has 0 spiro atoms. The van der Waals surface area contributed by atoms with Gasteiger partial charge in [0, 0.05) is 17.1 Å². The zero-order chi connectivity index (χ0) is 12.0. The predicted molar refractivity (Wildman–Crippen MR) is 64.0 cm³/mol. The van der Waals surface area contributed by atoms with Crippen molar-refractivity contribution in [2.45, 2.75) is 32.4 Å². The van der Waals surface area contributed by atoms with Crippen LogP contribution in [0.2, 0.25) is 5.02 Å². The third-order valence-electron chi connectivity index (χ3n) is 2.34. The minimum atomic E-state index is -0.282. The van der Waals surface area contributed by atoms with Gasteiger partial charge in [0.2, 0.25) is 0 Å². The summed E-state index contributed by atoms with van der Waals surface area (Å²) in [5.41, 5.74) is 0.501. The lowest BCUT2D eigenvalue weighted by Gasteiger charge is -2.08. The Balaban J connectivity index is 2.32. The first kappa shape index (κ1) is 13.4. The van der Waals surface area contributed by atoms with Gasteiger partial charge < -0.3 is 10.4 Å². The van der Waals surface area contributed by atoms with Crippen LogP contribution in [0.5, 0.6) is 0 Å². The highest BCUT2D eigenvalue weighted by atomic mass is 35.5. The quantitative estimate of drug-likeness (QED) is 0.756. The predicted octanol–water partition coefficient (Wildman–Crippen LogP) is 2.73. The van der Waals surface area contributed by atoms with E-state index >= 15 is 0 Å². The van der Waals surface area contributed by atoms with Crippen LogP contribution >= 0.6 is 11.6 Å². The Morgan fingerprint density at radius 1 is 1.50 bits per heavy atom. The van der Waals surface area contributed by atoms with Crippen LogP contribution in [0, 0.1) is 5.82 Å². The van der Waals surface area contributed by atoms with E-state index in [1.54, 1.807) is 19.1 Å². The molecule has 0 radical (unpaired) electrons. The summed E-state index contributed by atoms with van der Waals surface area (Å²) in [7, 11) is 0. The molecular formula is C12H17ClFNO. The van der Waals surface area contributed by atoms with Crippen molar-refractivity contribution in [1.29, 1.82) is 0 Å². The Hall–Kier alpha value is -0.640. The minimum absolute atomic E-state index is 0.279. The van der Waals surface area contributed by atoms with E-state index < -0.39 is 0 Å². The molecule has 1 aromatic rings. The van der Waals surface area contributed by atoms with Gasteiger partial charge in [-0.25, -0.2) is 4.39 Å². The molecule has 2 N–H and O–H groups in total. The second-order valence-electron chi connectivity index (χ2n) is 3.87. The van der Waals surface area contributed by atoms with Gasteiger partial charge in [0.1, 0.15) is 5.82 Å². The minimum Gasteiger partial charge on any atom is -0.393 e. The molecule has 1 unspecified atom stereocenters. The number of aliphatic hydroxyl groups is 1. The lowest BCUT2D eigenvalue weighted by molar-refractivity contribution is 0.181. The molecule has 0 fully saturated rings. The van der Waals surface area contributed by atoms with Crippen LogP contribution in [-0.2, 0) is 6.54 Å². The molecule has 0 heterocycles. The number of rotatable bonds is 6. The maximum Gasteiger partial charge on any atom is 0.129 e. The molecule has 2 nitrogen and oxygen atoms in total. The van der Waals surface area contributed by atoms with E-state index in [-0.39, 0.29) is 11.9 Å². The highest BCUT2D eigenvalue weighted by Gasteiger charge is 2.05. The molecule has 16 heavy (non-hydrogen) atoms. The maximum atomic E-state index is 13.3. The molecule has 1 aromatic carbocycles. The van der Waals surface area contributed by atoms with Crippen LogP contribution in [0.15, 0.2) is 18.2 Å². The molecular weight excluding hydrogens is 229 g/mol. The van der Waals surface area contributed by atoms with E-state index in [1.165, 1.54) is 6.07 Å². The fraction of sp³-hybridized carbons (Fsp3) is 0.500. The van der Waals surface area contributed by atoms with Gasteiger partial charge in [0.25, 0.3) is 0 Å². The summed E-state index contributed by atoms with van der Waals surface area (Å²) in [4.78, 5) is 0. The molecule has 0 aliphatic carbocycles. The monoisotopic (exact) mass is 245 g/mol. The second kappa shape index (κ2) is 6.84. The topological polar surface area (TPSA) is 32.3 Å². The van der Waals surface area contributed by atoms with E-state index in [1.807, 2.05) is 0 Å². The third kappa shape index (κ3) is 4.47. The fourth-order valence-electron chi connectivity index (χ4n) is 1.44.